The number of amides is 3. The highest BCUT2D eigenvalue weighted by Gasteiger charge is 2.25. The Kier molecular flexibility index (Phi) is 11.6. The van der Waals surface area contributed by atoms with Gasteiger partial charge >= 0.3 is 6.03 Å². The standard InChI is InChI=1S/C32H47N5O6S/c1-6-7-13-37-15-14-36(21-29(37)38)16-17-43-28-12-11-26(24-9-8-10-25(24)28)34-31(39)35-27-19-23(32(2,3)4)18-22(30(27)42-5)20-33-44(40)41/h11-12,18-19,33H,6-10,13-17,20-21H2,1-5H3,(H,40,41)(H2,34,35,39)/p-1. The van der Waals surface area contributed by atoms with Crippen molar-refractivity contribution in [1.29, 1.82) is 0 Å². The number of fused-ring (bicyclic) bond motifs is 1. The van der Waals surface area contributed by atoms with Gasteiger partial charge in [0.15, 0.2) is 0 Å². The van der Waals surface area contributed by atoms with E-state index in [0.29, 0.717) is 36.7 Å². The molecule has 242 valence electrons. The minimum atomic E-state index is -2.44. The third kappa shape index (κ3) is 8.71. The van der Waals surface area contributed by atoms with Crippen LogP contribution in [0.25, 0.3) is 0 Å². The van der Waals surface area contributed by atoms with Crippen molar-refractivity contribution in [2.45, 2.75) is 71.8 Å². The van der Waals surface area contributed by atoms with Crippen LogP contribution in [0.1, 0.15) is 69.2 Å². The average Bonchev–Trinajstić information content (AvgIpc) is 3.47. The number of anilines is 2. The van der Waals surface area contributed by atoms with Crippen molar-refractivity contribution in [2.24, 2.45) is 0 Å². The van der Waals surface area contributed by atoms with Crippen LogP contribution in [0.15, 0.2) is 24.3 Å². The Labute approximate surface area is 263 Å². The lowest BCUT2D eigenvalue weighted by Crippen LogP contribution is -2.51. The lowest BCUT2D eigenvalue weighted by molar-refractivity contribution is -0.136. The van der Waals surface area contributed by atoms with E-state index < -0.39 is 17.3 Å². The molecule has 3 amide bonds. The van der Waals surface area contributed by atoms with E-state index in [-0.39, 0.29) is 17.9 Å². The number of hydrogen-bond acceptors (Lipinski definition) is 7. The molecule has 0 bridgehead atoms. The number of unbranched alkanes of at least 4 members (excludes halogenated alkanes) is 1. The summed E-state index contributed by atoms with van der Waals surface area (Å²) >= 11 is -2.44. The fourth-order valence-corrected chi connectivity index (χ4v) is 6.02. The number of hydrogen-bond donors (Lipinski definition) is 3. The first-order valence-electron chi connectivity index (χ1n) is 15.4. The largest absolute Gasteiger partial charge is 0.760 e. The van der Waals surface area contributed by atoms with Crippen LogP contribution in [0, 0.1) is 0 Å². The fourth-order valence-electron chi connectivity index (χ4n) is 5.74. The summed E-state index contributed by atoms with van der Waals surface area (Å²) < 4.78 is 36.5. The van der Waals surface area contributed by atoms with Crippen molar-refractivity contribution in [1.82, 2.24) is 14.5 Å². The van der Waals surface area contributed by atoms with Crippen molar-refractivity contribution >= 4 is 34.6 Å². The van der Waals surface area contributed by atoms with Crippen LogP contribution in [0.2, 0.25) is 0 Å². The van der Waals surface area contributed by atoms with E-state index in [1.807, 2.05) is 49.9 Å². The van der Waals surface area contributed by atoms with Crippen LogP contribution < -0.4 is 24.8 Å². The van der Waals surface area contributed by atoms with Crippen molar-refractivity contribution in [3.8, 4) is 11.5 Å². The molecule has 1 unspecified atom stereocenters. The molecule has 2 aliphatic rings. The molecule has 1 saturated heterocycles. The van der Waals surface area contributed by atoms with Gasteiger partial charge in [0.25, 0.3) is 0 Å². The first kappa shape index (κ1) is 33.7. The summed E-state index contributed by atoms with van der Waals surface area (Å²) in [5.41, 5.74) is 4.64. The van der Waals surface area contributed by atoms with Crippen LogP contribution in [0.3, 0.4) is 0 Å². The van der Waals surface area contributed by atoms with Crippen LogP contribution in [-0.4, -0.2) is 76.9 Å². The van der Waals surface area contributed by atoms with E-state index >= 15 is 0 Å². The maximum absolute atomic E-state index is 13.3. The molecular weight excluding hydrogens is 582 g/mol. The summed E-state index contributed by atoms with van der Waals surface area (Å²) in [4.78, 5) is 29.9. The molecule has 2 aromatic rings. The zero-order valence-electron chi connectivity index (χ0n) is 26.5. The second-order valence-corrected chi connectivity index (χ2v) is 13.1. The molecule has 12 heteroatoms. The number of nitrogens with one attached hydrogen (secondary N) is 3. The van der Waals surface area contributed by atoms with Crippen LogP contribution >= 0.6 is 0 Å². The van der Waals surface area contributed by atoms with Gasteiger partial charge in [-0.05, 0) is 66.0 Å². The summed E-state index contributed by atoms with van der Waals surface area (Å²) in [6.07, 6.45) is 4.80. The molecule has 0 spiro atoms. The van der Waals surface area contributed by atoms with E-state index in [2.05, 4.69) is 27.2 Å². The minimum absolute atomic E-state index is 0.0277. The van der Waals surface area contributed by atoms with Gasteiger partial charge in [0.1, 0.15) is 18.1 Å². The summed E-state index contributed by atoms with van der Waals surface area (Å²) in [7, 11) is 1.49. The second kappa shape index (κ2) is 15.2. The molecule has 1 heterocycles. The topological polar surface area (TPSA) is 135 Å². The Morgan fingerprint density at radius 2 is 1.82 bits per heavy atom. The monoisotopic (exact) mass is 628 g/mol. The Balaban J connectivity index is 1.41. The number of piperazine rings is 1. The molecule has 1 aliphatic carbocycles. The van der Waals surface area contributed by atoms with E-state index in [9.17, 15) is 18.4 Å². The van der Waals surface area contributed by atoms with E-state index in [1.54, 1.807) is 0 Å². The number of ether oxygens (including phenoxy) is 2. The van der Waals surface area contributed by atoms with Gasteiger partial charge in [0, 0.05) is 55.2 Å². The number of benzene rings is 2. The fraction of sp³-hybridized carbons (Fsp3) is 0.562. The first-order valence-corrected chi connectivity index (χ1v) is 16.5. The number of carbonyl (C=O) groups excluding carboxylic acids is 2. The number of rotatable bonds is 13. The number of methoxy groups -OCH3 is 1. The Morgan fingerprint density at radius 3 is 2.50 bits per heavy atom. The molecule has 11 nitrogen and oxygen atoms in total. The van der Waals surface area contributed by atoms with Gasteiger partial charge in [-0.2, -0.15) is 0 Å². The summed E-state index contributed by atoms with van der Waals surface area (Å²) in [5.74, 6) is 1.40. The Morgan fingerprint density at radius 1 is 1.07 bits per heavy atom. The zero-order valence-corrected chi connectivity index (χ0v) is 27.4. The summed E-state index contributed by atoms with van der Waals surface area (Å²) in [5, 5.41) is 5.92. The molecule has 1 fully saturated rings. The maximum atomic E-state index is 13.3. The van der Waals surface area contributed by atoms with Gasteiger partial charge in [-0.3, -0.25) is 13.9 Å². The SMILES string of the molecule is CCCCN1CCN(CCOc2ccc(NC(=O)Nc3cc(C(C)(C)C)cc(CNS(=O)[O-])c3OC)c3c2CCC3)CC1=O. The van der Waals surface area contributed by atoms with Crippen molar-refractivity contribution in [2.75, 3.05) is 57.1 Å². The second-order valence-electron chi connectivity index (χ2n) is 12.4. The molecule has 0 radical (unpaired) electrons. The molecule has 0 aromatic heterocycles. The van der Waals surface area contributed by atoms with Gasteiger partial charge < -0.3 is 29.6 Å². The number of carbonyl (C=O) groups is 2. The van der Waals surface area contributed by atoms with Crippen LogP contribution in [0.4, 0.5) is 16.2 Å². The average molecular weight is 629 g/mol. The predicted octanol–water partition coefficient (Wildman–Crippen LogP) is 4.33. The smallest absolute Gasteiger partial charge is 0.323 e. The molecule has 44 heavy (non-hydrogen) atoms. The number of nitrogens with zero attached hydrogens (tertiary/aromatic N) is 2. The highest BCUT2D eigenvalue weighted by atomic mass is 32.2. The van der Waals surface area contributed by atoms with Crippen molar-refractivity contribution in [3.63, 3.8) is 0 Å². The first-order chi connectivity index (χ1) is 21.0. The molecule has 3 N–H and O–H groups in total. The molecule has 1 aliphatic heterocycles. The van der Waals surface area contributed by atoms with Gasteiger partial charge in [-0.15, -0.1) is 0 Å². The maximum Gasteiger partial charge on any atom is 0.323 e. The summed E-state index contributed by atoms with van der Waals surface area (Å²) in [6.45, 7) is 12.4. The minimum Gasteiger partial charge on any atom is -0.760 e. The van der Waals surface area contributed by atoms with Gasteiger partial charge in [0.05, 0.1) is 19.3 Å². The normalized spacial score (nSPS) is 16.0. The predicted molar refractivity (Wildman–Crippen MR) is 172 cm³/mol. The zero-order chi connectivity index (χ0) is 31.9. The molecule has 2 aromatic carbocycles. The molecule has 1 atom stereocenters. The Bertz CT molecular complexity index is 1360. The van der Waals surface area contributed by atoms with Crippen molar-refractivity contribution < 1.29 is 27.8 Å². The Hall–Kier alpha value is -3.19. The molecule has 4 rings (SSSR count). The number of urea groups is 1. The van der Waals surface area contributed by atoms with Crippen LogP contribution in [-0.2, 0) is 40.9 Å². The third-order valence-corrected chi connectivity index (χ3v) is 8.58. The van der Waals surface area contributed by atoms with Gasteiger partial charge in [-0.25, -0.2) is 9.52 Å². The molecule has 0 saturated carbocycles. The quantitative estimate of drug-likeness (QED) is 0.281. The third-order valence-electron chi connectivity index (χ3n) is 8.20. The summed E-state index contributed by atoms with van der Waals surface area (Å²) in [6, 6.07) is 7.10. The van der Waals surface area contributed by atoms with Crippen LogP contribution in [0.5, 0.6) is 11.5 Å². The van der Waals surface area contributed by atoms with Gasteiger partial charge in [-0.1, -0.05) is 40.2 Å². The molecular formula is C32H46N5O6S-. The highest BCUT2D eigenvalue weighted by Crippen LogP contribution is 2.38. The lowest BCUT2D eigenvalue weighted by atomic mass is 9.85. The van der Waals surface area contributed by atoms with Gasteiger partial charge in [0.2, 0.25) is 5.91 Å². The van der Waals surface area contributed by atoms with E-state index in [0.717, 1.165) is 79.9 Å². The van der Waals surface area contributed by atoms with E-state index in [4.69, 9.17) is 9.47 Å². The highest BCUT2D eigenvalue weighted by molar-refractivity contribution is 7.77. The lowest BCUT2D eigenvalue weighted by Gasteiger charge is -2.34. The van der Waals surface area contributed by atoms with Crippen molar-refractivity contribution in [3.05, 3.63) is 46.5 Å². The van der Waals surface area contributed by atoms with E-state index in [1.165, 1.54) is 7.11 Å².